The van der Waals surface area contributed by atoms with Crippen molar-refractivity contribution >= 4 is 5.69 Å². The van der Waals surface area contributed by atoms with Gasteiger partial charge in [-0.3, -0.25) is 4.98 Å². The van der Waals surface area contributed by atoms with Gasteiger partial charge in [0.2, 0.25) is 0 Å². The van der Waals surface area contributed by atoms with Crippen LogP contribution in [0, 0.1) is 13.8 Å². The number of pyridine rings is 1. The van der Waals surface area contributed by atoms with Crippen LogP contribution in [-0.4, -0.2) is 4.98 Å². The summed E-state index contributed by atoms with van der Waals surface area (Å²) in [5.41, 5.74) is 9.71. The summed E-state index contributed by atoms with van der Waals surface area (Å²) in [6, 6.07) is 9.73. The molecule has 1 heterocycles. The minimum atomic E-state index is 0.439. The van der Waals surface area contributed by atoms with Crippen LogP contribution in [0.25, 0.3) is 0 Å². The molecule has 1 aromatic carbocycles. The van der Waals surface area contributed by atoms with E-state index in [0.717, 1.165) is 22.6 Å². The average molecular weight is 228 g/mol. The molecule has 0 bridgehead atoms. The summed E-state index contributed by atoms with van der Waals surface area (Å²) >= 11 is 0. The van der Waals surface area contributed by atoms with Crippen molar-refractivity contribution in [2.24, 2.45) is 0 Å². The first-order valence-electron chi connectivity index (χ1n) is 5.56. The molecule has 0 radical (unpaired) electrons. The lowest BCUT2D eigenvalue weighted by atomic mass is 10.1. The number of nitrogens with two attached hydrogens (primary N) is 1. The second kappa shape index (κ2) is 4.87. The fraction of sp³-hybridized carbons (Fsp3) is 0.214. The van der Waals surface area contributed by atoms with Crippen molar-refractivity contribution in [1.29, 1.82) is 0 Å². The molecular weight excluding hydrogens is 212 g/mol. The van der Waals surface area contributed by atoms with Gasteiger partial charge in [-0.05, 0) is 43.2 Å². The summed E-state index contributed by atoms with van der Waals surface area (Å²) in [4.78, 5) is 4.20. The molecule has 0 unspecified atom stereocenters. The summed E-state index contributed by atoms with van der Waals surface area (Å²) in [6.07, 6.45) is 1.75. The largest absolute Gasteiger partial charge is 0.485 e. The molecule has 0 aliphatic rings. The maximum absolute atomic E-state index is 5.94. The number of ether oxygens (including phenoxy) is 1. The van der Waals surface area contributed by atoms with Gasteiger partial charge in [-0.2, -0.15) is 0 Å². The van der Waals surface area contributed by atoms with E-state index < -0.39 is 0 Å². The predicted molar refractivity (Wildman–Crippen MR) is 68.9 cm³/mol. The van der Waals surface area contributed by atoms with Gasteiger partial charge in [0.25, 0.3) is 0 Å². The van der Waals surface area contributed by atoms with Crippen LogP contribution in [0.3, 0.4) is 0 Å². The molecule has 0 saturated carbocycles. The number of nitrogen functional groups attached to an aromatic ring is 1. The van der Waals surface area contributed by atoms with E-state index in [9.17, 15) is 0 Å². The summed E-state index contributed by atoms with van der Waals surface area (Å²) in [6.45, 7) is 4.46. The smallest absolute Gasteiger partial charge is 0.145 e. The molecule has 3 nitrogen and oxygen atoms in total. The van der Waals surface area contributed by atoms with Crippen LogP contribution in [0.4, 0.5) is 5.69 Å². The van der Waals surface area contributed by atoms with E-state index in [2.05, 4.69) is 11.1 Å². The molecule has 88 valence electrons. The number of anilines is 1. The van der Waals surface area contributed by atoms with E-state index in [1.54, 1.807) is 6.20 Å². The Morgan fingerprint density at radius 2 is 2.06 bits per heavy atom. The maximum atomic E-state index is 5.94. The number of aromatic nitrogens is 1. The van der Waals surface area contributed by atoms with Crippen LogP contribution in [-0.2, 0) is 6.61 Å². The molecule has 2 rings (SSSR count). The number of aryl methyl sites for hydroxylation is 2. The van der Waals surface area contributed by atoms with Crippen LogP contribution in [0.5, 0.6) is 5.75 Å². The van der Waals surface area contributed by atoms with E-state index in [1.165, 1.54) is 0 Å². The zero-order valence-corrected chi connectivity index (χ0v) is 10.1. The lowest BCUT2D eigenvalue weighted by molar-refractivity contribution is 0.301. The molecule has 0 spiro atoms. The van der Waals surface area contributed by atoms with Gasteiger partial charge in [-0.25, -0.2) is 0 Å². The minimum absolute atomic E-state index is 0.439. The predicted octanol–water partition coefficient (Wildman–Crippen LogP) is 2.86. The van der Waals surface area contributed by atoms with Gasteiger partial charge in [-0.1, -0.05) is 12.1 Å². The fourth-order valence-corrected chi connectivity index (χ4v) is 1.81. The maximum Gasteiger partial charge on any atom is 0.145 e. The standard InChI is InChI=1S/C14H16N2O/c1-10-7-11(2)14(13(15)8-10)17-9-12-5-3-4-6-16-12/h3-8H,9,15H2,1-2H3. The molecule has 2 aromatic rings. The van der Waals surface area contributed by atoms with Gasteiger partial charge in [0.05, 0.1) is 11.4 Å². The second-order valence-electron chi connectivity index (χ2n) is 4.11. The lowest BCUT2D eigenvalue weighted by Crippen LogP contribution is -2.02. The van der Waals surface area contributed by atoms with Crippen molar-refractivity contribution in [3.8, 4) is 5.75 Å². The highest BCUT2D eigenvalue weighted by Gasteiger charge is 2.06. The van der Waals surface area contributed by atoms with E-state index in [-0.39, 0.29) is 0 Å². The SMILES string of the molecule is Cc1cc(C)c(OCc2ccccn2)c(N)c1. The zero-order valence-electron chi connectivity index (χ0n) is 10.1. The Balaban J connectivity index is 2.15. The Morgan fingerprint density at radius 1 is 1.24 bits per heavy atom. The third-order valence-electron chi connectivity index (χ3n) is 2.54. The van der Waals surface area contributed by atoms with Crippen LogP contribution in [0.1, 0.15) is 16.8 Å². The molecule has 2 N–H and O–H groups in total. The molecule has 0 amide bonds. The third-order valence-corrected chi connectivity index (χ3v) is 2.54. The molecule has 0 aliphatic heterocycles. The summed E-state index contributed by atoms with van der Waals surface area (Å²) in [5, 5.41) is 0. The Kier molecular flexibility index (Phi) is 3.28. The Bertz CT molecular complexity index is 486. The molecular formula is C14H16N2O. The highest BCUT2D eigenvalue weighted by molar-refractivity contribution is 5.58. The van der Waals surface area contributed by atoms with Crippen molar-refractivity contribution in [2.45, 2.75) is 20.5 Å². The quantitative estimate of drug-likeness (QED) is 0.822. The number of hydrogen-bond donors (Lipinski definition) is 1. The van der Waals surface area contributed by atoms with Crippen LogP contribution < -0.4 is 10.5 Å². The Morgan fingerprint density at radius 3 is 2.71 bits per heavy atom. The number of nitrogens with zero attached hydrogens (tertiary/aromatic N) is 1. The zero-order chi connectivity index (χ0) is 12.3. The fourth-order valence-electron chi connectivity index (χ4n) is 1.81. The first kappa shape index (κ1) is 11.5. The van der Waals surface area contributed by atoms with Crippen molar-refractivity contribution in [3.63, 3.8) is 0 Å². The van der Waals surface area contributed by atoms with Crippen LogP contribution in [0.15, 0.2) is 36.5 Å². The highest BCUT2D eigenvalue weighted by atomic mass is 16.5. The second-order valence-corrected chi connectivity index (χ2v) is 4.11. The summed E-state index contributed by atoms with van der Waals surface area (Å²) in [7, 11) is 0. The normalized spacial score (nSPS) is 10.2. The highest BCUT2D eigenvalue weighted by Crippen LogP contribution is 2.28. The lowest BCUT2D eigenvalue weighted by Gasteiger charge is -2.12. The number of benzene rings is 1. The van der Waals surface area contributed by atoms with Crippen molar-refractivity contribution < 1.29 is 4.74 Å². The summed E-state index contributed by atoms with van der Waals surface area (Å²) < 4.78 is 5.72. The van der Waals surface area contributed by atoms with Gasteiger partial charge in [0.1, 0.15) is 12.4 Å². The minimum Gasteiger partial charge on any atom is -0.485 e. The average Bonchev–Trinajstić information content (AvgIpc) is 2.29. The molecule has 3 heteroatoms. The van der Waals surface area contributed by atoms with Gasteiger partial charge in [0, 0.05) is 6.20 Å². The first-order chi connectivity index (χ1) is 8.16. The number of rotatable bonds is 3. The van der Waals surface area contributed by atoms with Crippen molar-refractivity contribution in [2.75, 3.05) is 5.73 Å². The molecule has 17 heavy (non-hydrogen) atoms. The molecule has 1 aromatic heterocycles. The van der Waals surface area contributed by atoms with Crippen LogP contribution in [0.2, 0.25) is 0 Å². The molecule has 0 fully saturated rings. The van der Waals surface area contributed by atoms with Crippen molar-refractivity contribution in [1.82, 2.24) is 4.98 Å². The van der Waals surface area contributed by atoms with E-state index in [4.69, 9.17) is 10.5 Å². The Labute approximate surface area is 101 Å². The van der Waals surface area contributed by atoms with E-state index in [1.807, 2.05) is 38.1 Å². The van der Waals surface area contributed by atoms with E-state index in [0.29, 0.717) is 12.3 Å². The molecule has 0 saturated heterocycles. The van der Waals surface area contributed by atoms with Crippen LogP contribution >= 0.6 is 0 Å². The molecule has 0 atom stereocenters. The van der Waals surface area contributed by atoms with Gasteiger partial charge < -0.3 is 10.5 Å². The Hall–Kier alpha value is -2.03. The van der Waals surface area contributed by atoms with Gasteiger partial charge in [0.15, 0.2) is 0 Å². The first-order valence-corrected chi connectivity index (χ1v) is 5.56. The van der Waals surface area contributed by atoms with Crippen molar-refractivity contribution in [3.05, 3.63) is 53.3 Å². The number of hydrogen-bond acceptors (Lipinski definition) is 3. The van der Waals surface area contributed by atoms with E-state index >= 15 is 0 Å². The summed E-state index contributed by atoms with van der Waals surface area (Å²) in [5.74, 6) is 0.751. The third kappa shape index (κ3) is 2.75. The van der Waals surface area contributed by atoms with Gasteiger partial charge >= 0.3 is 0 Å². The topological polar surface area (TPSA) is 48.1 Å². The monoisotopic (exact) mass is 228 g/mol. The molecule has 0 aliphatic carbocycles. The van der Waals surface area contributed by atoms with Gasteiger partial charge in [-0.15, -0.1) is 0 Å².